The minimum absolute atomic E-state index is 0.0981. The third-order valence-corrected chi connectivity index (χ3v) is 3.63. The van der Waals surface area contributed by atoms with Gasteiger partial charge < -0.3 is 14.7 Å². The van der Waals surface area contributed by atoms with Crippen molar-refractivity contribution in [2.24, 2.45) is 5.92 Å². The summed E-state index contributed by atoms with van der Waals surface area (Å²) in [5.74, 6) is -0.156. The number of hydrogen-bond donors (Lipinski definition) is 1. The number of anilines is 1. The zero-order valence-corrected chi connectivity index (χ0v) is 14.5. The molecule has 9 nitrogen and oxygen atoms in total. The smallest absolute Gasteiger partial charge is 0.269 e. The van der Waals surface area contributed by atoms with Crippen LogP contribution in [0.3, 0.4) is 0 Å². The first-order valence-electron chi connectivity index (χ1n) is 8.10. The first kappa shape index (κ1) is 19.1. The molecule has 1 N–H and O–H groups in total. The van der Waals surface area contributed by atoms with Gasteiger partial charge in [0.25, 0.3) is 11.6 Å². The molecule has 0 saturated heterocycles. The third kappa shape index (κ3) is 5.40. The summed E-state index contributed by atoms with van der Waals surface area (Å²) in [6.07, 6.45) is 2.05. The molecule has 0 bridgehead atoms. The molecule has 2 rings (SSSR count). The van der Waals surface area contributed by atoms with Crippen molar-refractivity contribution < 1.29 is 19.0 Å². The number of carbonyl (C=O) groups excluding carboxylic acids is 2. The van der Waals surface area contributed by atoms with E-state index >= 15 is 0 Å². The zero-order valence-electron chi connectivity index (χ0n) is 14.5. The lowest BCUT2D eigenvalue weighted by molar-refractivity contribution is -0.384. The number of aromatic nitrogens is 1. The fourth-order valence-corrected chi connectivity index (χ4v) is 2.21. The maximum Gasteiger partial charge on any atom is 0.269 e. The highest BCUT2D eigenvalue weighted by Gasteiger charge is 2.20. The molecule has 0 fully saturated rings. The normalized spacial score (nSPS) is 10.6. The van der Waals surface area contributed by atoms with Gasteiger partial charge in [-0.05, 0) is 24.5 Å². The predicted molar refractivity (Wildman–Crippen MR) is 93.6 cm³/mol. The largest absolute Gasteiger partial charge is 0.363 e. The summed E-state index contributed by atoms with van der Waals surface area (Å²) >= 11 is 0. The fourth-order valence-electron chi connectivity index (χ4n) is 2.21. The average molecular weight is 360 g/mol. The standard InChI is InChI=1S/C17H20N4O5/c1-12(2)7-9-20(11-16(22)18-15-8-10-26-19-15)17(23)13-3-5-14(6-4-13)21(24)25/h3-6,8,10,12H,7,9,11H2,1-2H3,(H,18,19,22). The summed E-state index contributed by atoms with van der Waals surface area (Å²) in [5.41, 5.74) is 0.188. The quantitative estimate of drug-likeness (QED) is 0.571. The number of non-ortho nitro benzene ring substituents is 1. The molecule has 9 heteroatoms. The molecule has 2 aromatic rings. The molecule has 1 aromatic heterocycles. The molecule has 0 unspecified atom stereocenters. The van der Waals surface area contributed by atoms with Crippen LogP contribution in [0.5, 0.6) is 0 Å². The summed E-state index contributed by atoms with van der Waals surface area (Å²) in [4.78, 5) is 36.5. The minimum Gasteiger partial charge on any atom is -0.363 e. The second-order valence-electron chi connectivity index (χ2n) is 6.15. The monoisotopic (exact) mass is 360 g/mol. The van der Waals surface area contributed by atoms with Crippen molar-refractivity contribution in [1.82, 2.24) is 10.1 Å². The number of carbonyl (C=O) groups is 2. The van der Waals surface area contributed by atoms with Crippen molar-refractivity contribution in [3.63, 3.8) is 0 Å². The number of amides is 2. The maximum atomic E-state index is 12.7. The molecule has 138 valence electrons. The highest BCUT2D eigenvalue weighted by Crippen LogP contribution is 2.15. The molecule has 0 saturated carbocycles. The minimum atomic E-state index is -0.532. The Bertz CT molecular complexity index is 756. The van der Waals surface area contributed by atoms with Crippen LogP contribution >= 0.6 is 0 Å². The van der Waals surface area contributed by atoms with Crippen molar-refractivity contribution in [2.45, 2.75) is 20.3 Å². The van der Waals surface area contributed by atoms with E-state index in [0.29, 0.717) is 12.5 Å². The highest BCUT2D eigenvalue weighted by molar-refractivity contribution is 5.99. The molecule has 1 aromatic carbocycles. The van der Waals surface area contributed by atoms with Crippen LogP contribution in [0.4, 0.5) is 11.5 Å². The van der Waals surface area contributed by atoms with Crippen molar-refractivity contribution in [1.29, 1.82) is 0 Å². The van der Waals surface area contributed by atoms with Crippen LogP contribution in [-0.4, -0.2) is 39.9 Å². The van der Waals surface area contributed by atoms with E-state index in [0.717, 1.165) is 6.42 Å². The molecule has 0 spiro atoms. The van der Waals surface area contributed by atoms with Crippen LogP contribution in [0.15, 0.2) is 41.1 Å². The number of nitrogens with one attached hydrogen (secondary N) is 1. The van der Waals surface area contributed by atoms with Crippen molar-refractivity contribution in [3.05, 3.63) is 52.3 Å². The second-order valence-corrected chi connectivity index (χ2v) is 6.15. The van der Waals surface area contributed by atoms with Crippen LogP contribution < -0.4 is 5.32 Å². The number of rotatable bonds is 8. The van der Waals surface area contributed by atoms with Gasteiger partial charge in [-0.1, -0.05) is 19.0 Å². The van der Waals surface area contributed by atoms with Gasteiger partial charge in [-0.3, -0.25) is 19.7 Å². The SMILES string of the molecule is CC(C)CCN(CC(=O)Nc1ccon1)C(=O)c1ccc([N+](=O)[O-])cc1. The van der Waals surface area contributed by atoms with Gasteiger partial charge in [0.2, 0.25) is 5.91 Å². The van der Waals surface area contributed by atoms with Crippen LogP contribution in [0, 0.1) is 16.0 Å². The molecule has 0 aliphatic rings. The molecule has 0 atom stereocenters. The topological polar surface area (TPSA) is 119 Å². The Labute approximate surface area is 150 Å². The van der Waals surface area contributed by atoms with Crippen LogP contribution in [-0.2, 0) is 4.79 Å². The first-order valence-corrected chi connectivity index (χ1v) is 8.10. The Balaban J connectivity index is 2.10. The summed E-state index contributed by atoms with van der Waals surface area (Å²) in [7, 11) is 0. The Morgan fingerprint density at radius 2 is 1.96 bits per heavy atom. The fraction of sp³-hybridized carbons (Fsp3) is 0.353. The van der Waals surface area contributed by atoms with Gasteiger partial charge in [0, 0.05) is 30.3 Å². The van der Waals surface area contributed by atoms with Gasteiger partial charge in [0.05, 0.1) is 4.92 Å². The Kier molecular flexibility index (Phi) is 6.42. The Hall–Kier alpha value is -3.23. The van der Waals surface area contributed by atoms with Gasteiger partial charge in [-0.15, -0.1) is 0 Å². The summed E-state index contributed by atoms with van der Waals surface area (Å²) < 4.78 is 4.65. The molecule has 0 radical (unpaired) electrons. The number of benzene rings is 1. The van der Waals surface area contributed by atoms with E-state index in [1.165, 1.54) is 41.5 Å². The van der Waals surface area contributed by atoms with Crippen LogP contribution in [0.25, 0.3) is 0 Å². The molecular formula is C17H20N4O5. The van der Waals surface area contributed by atoms with Crippen LogP contribution in [0.2, 0.25) is 0 Å². The molecule has 1 heterocycles. The second kappa shape index (κ2) is 8.75. The van der Waals surface area contributed by atoms with Crippen molar-refractivity contribution in [2.75, 3.05) is 18.4 Å². The van der Waals surface area contributed by atoms with E-state index < -0.39 is 10.8 Å². The lowest BCUT2D eigenvalue weighted by Crippen LogP contribution is -2.39. The number of nitro benzene ring substituents is 1. The first-order chi connectivity index (χ1) is 12.4. The molecule has 0 aliphatic carbocycles. The average Bonchev–Trinajstić information content (AvgIpc) is 3.10. The van der Waals surface area contributed by atoms with Crippen molar-refractivity contribution >= 4 is 23.3 Å². The molecule has 2 amide bonds. The van der Waals surface area contributed by atoms with Gasteiger partial charge in [-0.25, -0.2) is 0 Å². The van der Waals surface area contributed by atoms with Crippen molar-refractivity contribution in [3.8, 4) is 0 Å². The van der Waals surface area contributed by atoms with E-state index in [1.54, 1.807) is 0 Å². The highest BCUT2D eigenvalue weighted by atomic mass is 16.6. The Morgan fingerprint density at radius 3 is 2.50 bits per heavy atom. The molecular weight excluding hydrogens is 340 g/mol. The van der Waals surface area contributed by atoms with E-state index in [4.69, 9.17) is 0 Å². The summed E-state index contributed by atoms with van der Waals surface area (Å²) in [5, 5.41) is 16.9. The van der Waals surface area contributed by atoms with E-state index in [9.17, 15) is 19.7 Å². The zero-order chi connectivity index (χ0) is 19.1. The lowest BCUT2D eigenvalue weighted by atomic mass is 10.1. The lowest BCUT2D eigenvalue weighted by Gasteiger charge is -2.23. The van der Waals surface area contributed by atoms with E-state index in [1.807, 2.05) is 13.8 Å². The van der Waals surface area contributed by atoms with Gasteiger partial charge in [0.15, 0.2) is 5.82 Å². The van der Waals surface area contributed by atoms with E-state index in [-0.39, 0.29) is 29.5 Å². The summed E-state index contributed by atoms with van der Waals surface area (Å²) in [6, 6.07) is 6.80. The Morgan fingerprint density at radius 1 is 1.27 bits per heavy atom. The van der Waals surface area contributed by atoms with Gasteiger partial charge in [0.1, 0.15) is 12.8 Å². The summed E-state index contributed by atoms with van der Waals surface area (Å²) in [6.45, 7) is 4.27. The third-order valence-electron chi connectivity index (χ3n) is 3.63. The number of hydrogen-bond acceptors (Lipinski definition) is 6. The van der Waals surface area contributed by atoms with Gasteiger partial charge in [-0.2, -0.15) is 0 Å². The maximum absolute atomic E-state index is 12.7. The van der Waals surface area contributed by atoms with Crippen LogP contribution in [0.1, 0.15) is 30.6 Å². The van der Waals surface area contributed by atoms with E-state index in [2.05, 4.69) is 15.0 Å². The number of nitro groups is 1. The van der Waals surface area contributed by atoms with Gasteiger partial charge >= 0.3 is 0 Å². The molecule has 0 aliphatic heterocycles. The predicted octanol–water partition coefficient (Wildman–Crippen LogP) is 2.71. The molecule has 26 heavy (non-hydrogen) atoms. The number of nitrogens with zero attached hydrogens (tertiary/aromatic N) is 3.